The number of hydrogen-bond donors (Lipinski definition) is 2. The summed E-state index contributed by atoms with van der Waals surface area (Å²) < 4.78 is 0. The van der Waals surface area contributed by atoms with Crippen LogP contribution in [0.4, 0.5) is 0 Å². The zero-order valence-electron chi connectivity index (χ0n) is 11.1. The van der Waals surface area contributed by atoms with Gasteiger partial charge in [-0.1, -0.05) is 5.16 Å². The number of piperidine rings is 1. The van der Waals surface area contributed by atoms with Gasteiger partial charge in [0.2, 0.25) is 0 Å². The first-order chi connectivity index (χ1) is 9.02. The molecule has 19 heavy (non-hydrogen) atoms. The third-order valence-electron chi connectivity index (χ3n) is 3.41. The van der Waals surface area contributed by atoms with Crippen molar-refractivity contribution < 1.29 is 10.0 Å². The second-order valence-corrected chi connectivity index (χ2v) is 5.94. The van der Waals surface area contributed by atoms with Gasteiger partial charge in [-0.25, -0.2) is 4.98 Å². The number of rotatable bonds is 2. The summed E-state index contributed by atoms with van der Waals surface area (Å²) in [6, 6.07) is 0. The van der Waals surface area contributed by atoms with Crippen molar-refractivity contribution in [2.75, 3.05) is 13.1 Å². The molecular formula is C12H18N4O2S. The molecule has 1 amide bonds. The summed E-state index contributed by atoms with van der Waals surface area (Å²) in [7, 11) is 0. The number of aryl methyl sites for hydroxylation is 2. The Kier molecular flexibility index (Phi) is 4.04. The van der Waals surface area contributed by atoms with Crippen LogP contribution in [0.3, 0.4) is 0 Å². The molecule has 1 fully saturated rings. The molecule has 0 aliphatic carbocycles. The van der Waals surface area contributed by atoms with Crippen LogP contribution in [0.25, 0.3) is 0 Å². The molecule has 7 heteroatoms. The maximum Gasteiger partial charge on any atom is 0.265 e. The number of nitrogens with zero attached hydrogens (tertiary/aromatic N) is 3. The lowest BCUT2D eigenvalue weighted by atomic mass is 9.96. The first-order valence-corrected chi connectivity index (χ1v) is 7.05. The molecule has 2 heterocycles. The van der Waals surface area contributed by atoms with Gasteiger partial charge in [0.05, 0.1) is 10.7 Å². The van der Waals surface area contributed by atoms with E-state index in [0.717, 1.165) is 28.4 Å². The molecule has 0 spiro atoms. The summed E-state index contributed by atoms with van der Waals surface area (Å²) in [5, 5.41) is 12.6. The minimum Gasteiger partial charge on any atom is -0.409 e. The van der Waals surface area contributed by atoms with Crippen molar-refractivity contribution in [3.8, 4) is 0 Å². The Bertz CT molecular complexity index is 504. The van der Waals surface area contributed by atoms with E-state index in [9.17, 15) is 4.79 Å². The van der Waals surface area contributed by atoms with Gasteiger partial charge in [-0.3, -0.25) is 4.79 Å². The normalized spacial score (nSPS) is 17.8. The molecule has 3 N–H and O–H groups in total. The molecule has 1 aromatic rings. The van der Waals surface area contributed by atoms with Crippen molar-refractivity contribution in [3.05, 3.63) is 15.6 Å². The van der Waals surface area contributed by atoms with Crippen molar-refractivity contribution in [1.29, 1.82) is 0 Å². The van der Waals surface area contributed by atoms with Crippen LogP contribution < -0.4 is 5.73 Å². The van der Waals surface area contributed by atoms with Crippen molar-refractivity contribution >= 4 is 23.1 Å². The fraction of sp³-hybridized carbons (Fsp3) is 0.583. The lowest BCUT2D eigenvalue weighted by molar-refractivity contribution is 0.0713. The molecule has 104 valence electrons. The van der Waals surface area contributed by atoms with E-state index in [4.69, 9.17) is 10.9 Å². The molecule has 0 aromatic carbocycles. The minimum absolute atomic E-state index is 0.0426. The van der Waals surface area contributed by atoms with Crippen LogP contribution in [0.5, 0.6) is 0 Å². The smallest absolute Gasteiger partial charge is 0.265 e. The summed E-state index contributed by atoms with van der Waals surface area (Å²) >= 11 is 1.44. The van der Waals surface area contributed by atoms with Crippen LogP contribution in [0, 0.1) is 19.8 Å². The predicted octanol–water partition coefficient (Wildman–Crippen LogP) is 1.36. The van der Waals surface area contributed by atoms with Crippen LogP contribution in [-0.4, -0.2) is 39.9 Å². The fourth-order valence-electron chi connectivity index (χ4n) is 2.33. The van der Waals surface area contributed by atoms with E-state index in [2.05, 4.69) is 10.1 Å². The Hall–Kier alpha value is -1.63. The topological polar surface area (TPSA) is 91.8 Å². The Balaban J connectivity index is 2.02. The second kappa shape index (κ2) is 5.56. The number of oxime groups is 1. The monoisotopic (exact) mass is 282 g/mol. The van der Waals surface area contributed by atoms with Crippen LogP contribution in [0.1, 0.15) is 33.2 Å². The Morgan fingerprint density at radius 2 is 2.11 bits per heavy atom. The number of nitrogens with two attached hydrogens (primary N) is 1. The van der Waals surface area contributed by atoms with E-state index in [0.29, 0.717) is 13.1 Å². The van der Waals surface area contributed by atoms with Crippen molar-refractivity contribution in [3.63, 3.8) is 0 Å². The Morgan fingerprint density at radius 3 is 2.58 bits per heavy atom. The van der Waals surface area contributed by atoms with Crippen molar-refractivity contribution in [2.24, 2.45) is 16.8 Å². The van der Waals surface area contributed by atoms with Gasteiger partial charge < -0.3 is 15.8 Å². The molecule has 0 bridgehead atoms. The summed E-state index contributed by atoms with van der Waals surface area (Å²) in [6.45, 7) is 5.03. The van der Waals surface area contributed by atoms with E-state index in [-0.39, 0.29) is 17.7 Å². The molecular weight excluding hydrogens is 264 g/mol. The number of thiazole rings is 1. The standard InChI is InChI=1S/C12H18N4O2S/c1-7-10(19-8(2)14-7)12(17)16-5-3-9(4-6-16)11(13)15-18/h9,18H,3-6H2,1-2H3,(H2,13,15). The third kappa shape index (κ3) is 2.86. The minimum atomic E-state index is 0.0426. The average molecular weight is 282 g/mol. The molecule has 1 aliphatic heterocycles. The van der Waals surface area contributed by atoms with Gasteiger partial charge in [-0.05, 0) is 26.7 Å². The summed E-state index contributed by atoms with van der Waals surface area (Å²) in [5.74, 6) is 0.372. The molecule has 0 unspecified atom stereocenters. The number of amidine groups is 1. The van der Waals surface area contributed by atoms with E-state index in [1.165, 1.54) is 11.3 Å². The summed E-state index contributed by atoms with van der Waals surface area (Å²) in [5.41, 5.74) is 6.39. The van der Waals surface area contributed by atoms with Gasteiger partial charge >= 0.3 is 0 Å². The molecule has 1 saturated heterocycles. The molecule has 1 aromatic heterocycles. The number of hydrogen-bond acceptors (Lipinski definition) is 5. The SMILES string of the molecule is Cc1nc(C)c(C(=O)N2CCC(C(N)=NO)CC2)s1. The Morgan fingerprint density at radius 1 is 1.47 bits per heavy atom. The van der Waals surface area contributed by atoms with E-state index in [1.807, 2.05) is 18.7 Å². The van der Waals surface area contributed by atoms with E-state index < -0.39 is 0 Å². The van der Waals surface area contributed by atoms with E-state index in [1.54, 1.807) is 0 Å². The predicted molar refractivity (Wildman–Crippen MR) is 73.6 cm³/mol. The highest BCUT2D eigenvalue weighted by atomic mass is 32.1. The van der Waals surface area contributed by atoms with Crippen molar-refractivity contribution in [1.82, 2.24) is 9.88 Å². The number of carbonyl (C=O) groups excluding carboxylic acids is 1. The quantitative estimate of drug-likeness (QED) is 0.371. The number of amides is 1. The Labute approximate surface area is 115 Å². The second-order valence-electron chi connectivity index (χ2n) is 4.74. The largest absolute Gasteiger partial charge is 0.409 e. The van der Waals surface area contributed by atoms with Gasteiger partial charge in [0.15, 0.2) is 0 Å². The van der Waals surface area contributed by atoms with Gasteiger partial charge in [-0.15, -0.1) is 11.3 Å². The first kappa shape index (κ1) is 13.8. The highest BCUT2D eigenvalue weighted by molar-refractivity contribution is 7.13. The van der Waals surface area contributed by atoms with Crippen LogP contribution in [0.15, 0.2) is 5.16 Å². The lowest BCUT2D eigenvalue weighted by Crippen LogP contribution is -2.41. The molecule has 1 aliphatic rings. The van der Waals surface area contributed by atoms with Gasteiger partial charge in [0.1, 0.15) is 10.7 Å². The number of carbonyl (C=O) groups is 1. The zero-order chi connectivity index (χ0) is 14.0. The lowest BCUT2D eigenvalue weighted by Gasteiger charge is -2.31. The zero-order valence-corrected chi connectivity index (χ0v) is 11.9. The van der Waals surface area contributed by atoms with Crippen LogP contribution in [-0.2, 0) is 0 Å². The fourth-order valence-corrected chi connectivity index (χ4v) is 3.22. The number of aromatic nitrogens is 1. The van der Waals surface area contributed by atoms with Crippen molar-refractivity contribution in [2.45, 2.75) is 26.7 Å². The summed E-state index contributed by atoms with van der Waals surface area (Å²) in [4.78, 5) is 19.2. The maximum absolute atomic E-state index is 12.4. The molecule has 0 atom stereocenters. The van der Waals surface area contributed by atoms with Gasteiger partial charge in [0, 0.05) is 19.0 Å². The van der Waals surface area contributed by atoms with Gasteiger partial charge in [-0.2, -0.15) is 0 Å². The van der Waals surface area contributed by atoms with Crippen LogP contribution >= 0.6 is 11.3 Å². The molecule has 6 nitrogen and oxygen atoms in total. The first-order valence-electron chi connectivity index (χ1n) is 6.23. The van der Waals surface area contributed by atoms with Crippen LogP contribution in [0.2, 0.25) is 0 Å². The maximum atomic E-state index is 12.4. The summed E-state index contributed by atoms with van der Waals surface area (Å²) in [6.07, 6.45) is 1.47. The molecule has 0 radical (unpaired) electrons. The molecule has 0 saturated carbocycles. The van der Waals surface area contributed by atoms with Gasteiger partial charge in [0.25, 0.3) is 5.91 Å². The molecule has 2 rings (SSSR count). The number of likely N-dealkylation sites (tertiary alicyclic amines) is 1. The highest BCUT2D eigenvalue weighted by Crippen LogP contribution is 2.23. The average Bonchev–Trinajstić information content (AvgIpc) is 2.76. The third-order valence-corrected chi connectivity index (χ3v) is 4.47. The van der Waals surface area contributed by atoms with E-state index >= 15 is 0 Å². The highest BCUT2D eigenvalue weighted by Gasteiger charge is 2.27.